The maximum absolute atomic E-state index is 5.24. The van der Waals surface area contributed by atoms with Crippen molar-refractivity contribution in [1.82, 2.24) is 15.5 Å². The first-order valence-electron chi connectivity index (χ1n) is 7.14. The van der Waals surface area contributed by atoms with E-state index < -0.39 is 0 Å². The molecule has 4 heteroatoms. The first-order valence-corrected chi connectivity index (χ1v) is 7.14. The lowest BCUT2D eigenvalue weighted by molar-refractivity contribution is 0.390. The van der Waals surface area contributed by atoms with Crippen LogP contribution < -0.4 is 5.32 Å². The van der Waals surface area contributed by atoms with Crippen LogP contribution in [0.2, 0.25) is 0 Å². The van der Waals surface area contributed by atoms with E-state index in [-0.39, 0.29) is 6.04 Å². The van der Waals surface area contributed by atoms with Crippen LogP contribution in [0, 0.1) is 13.8 Å². The van der Waals surface area contributed by atoms with Crippen molar-refractivity contribution in [3.05, 3.63) is 59.2 Å². The molecule has 0 aliphatic heterocycles. The van der Waals surface area contributed by atoms with Gasteiger partial charge in [0.15, 0.2) is 0 Å². The van der Waals surface area contributed by atoms with Gasteiger partial charge < -0.3 is 9.84 Å². The highest BCUT2D eigenvalue weighted by Gasteiger charge is 2.16. The Kier molecular flexibility index (Phi) is 3.71. The number of benzene rings is 1. The molecular weight excluding hydrogens is 262 g/mol. The zero-order chi connectivity index (χ0) is 14.8. The Hall–Kier alpha value is -2.20. The molecule has 3 rings (SSSR count). The molecule has 0 radical (unpaired) electrons. The molecule has 21 heavy (non-hydrogen) atoms. The summed E-state index contributed by atoms with van der Waals surface area (Å²) >= 11 is 0. The van der Waals surface area contributed by atoms with Crippen LogP contribution in [-0.2, 0) is 6.54 Å². The van der Waals surface area contributed by atoms with Crippen LogP contribution in [0.1, 0.15) is 35.5 Å². The topological polar surface area (TPSA) is 51.0 Å². The van der Waals surface area contributed by atoms with Crippen LogP contribution in [-0.4, -0.2) is 10.1 Å². The summed E-state index contributed by atoms with van der Waals surface area (Å²) in [7, 11) is 0. The zero-order valence-electron chi connectivity index (χ0n) is 12.6. The third-order valence-corrected chi connectivity index (χ3v) is 3.89. The molecule has 3 aromatic rings. The summed E-state index contributed by atoms with van der Waals surface area (Å²) in [4.78, 5) is 4.17. The molecule has 0 amide bonds. The molecular formula is C17H19N3O. The van der Waals surface area contributed by atoms with E-state index in [1.54, 1.807) is 0 Å². The maximum atomic E-state index is 5.24. The lowest BCUT2D eigenvalue weighted by atomic mass is 10.0. The van der Waals surface area contributed by atoms with Crippen molar-refractivity contribution in [2.45, 2.75) is 33.4 Å². The van der Waals surface area contributed by atoms with Gasteiger partial charge in [0, 0.05) is 35.9 Å². The van der Waals surface area contributed by atoms with Crippen molar-refractivity contribution >= 4 is 10.8 Å². The predicted octanol–water partition coefficient (Wildman–Crippen LogP) is 3.69. The average Bonchev–Trinajstić information content (AvgIpc) is 2.84. The molecule has 0 aliphatic rings. The van der Waals surface area contributed by atoms with E-state index in [1.165, 1.54) is 16.3 Å². The van der Waals surface area contributed by atoms with Crippen molar-refractivity contribution in [3.63, 3.8) is 0 Å². The molecule has 4 nitrogen and oxygen atoms in total. The number of fused-ring (bicyclic) bond motifs is 1. The Labute approximate surface area is 124 Å². The largest absolute Gasteiger partial charge is 0.361 e. The van der Waals surface area contributed by atoms with Gasteiger partial charge in [-0.1, -0.05) is 23.4 Å². The summed E-state index contributed by atoms with van der Waals surface area (Å²) in [6.45, 7) is 6.87. The van der Waals surface area contributed by atoms with Crippen molar-refractivity contribution in [1.29, 1.82) is 0 Å². The van der Waals surface area contributed by atoms with Crippen LogP contribution >= 0.6 is 0 Å². The summed E-state index contributed by atoms with van der Waals surface area (Å²) < 4.78 is 5.24. The molecule has 1 unspecified atom stereocenters. The SMILES string of the molecule is Cc1noc(C)c1C(C)NCc1cccc2cnccc12. The smallest absolute Gasteiger partial charge is 0.138 e. The second-order valence-corrected chi connectivity index (χ2v) is 5.35. The number of nitrogens with zero attached hydrogens (tertiary/aromatic N) is 2. The monoisotopic (exact) mass is 281 g/mol. The summed E-state index contributed by atoms with van der Waals surface area (Å²) in [6, 6.07) is 8.57. The van der Waals surface area contributed by atoms with Gasteiger partial charge in [-0.3, -0.25) is 4.98 Å². The normalized spacial score (nSPS) is 12.7. The fourth-order valence-corrected chi connectivity index (χ4v) is 2.82. The Morgan fingerprint density at radius 2 is 2.10 bits per heavy atom. The fraction of sp³-hybridized carbons (Fsp3) is 0.294. The van der Waals surface area contributed by atoms with Crippen molar-refractivity contribution in [3.8, 4) is 0 Å². The number of hydrogen-bond donors (Lipinski definition) is 1. The Morgan fingerprint density at radius 1 is 1.24 bits per heavy atom. The number of aromatic nitrogens is 2. The minimum absolute atomic E-state index is 0.202. The predicted molar refractivity (Wildman–Crippen MR) is 83.0 cm³/mol. The number of aryl methyl sites for hydroxylation is 2. The van der Waals surface area contributed by atoms with Gasteiger partial charge in [-0.25, -0.2) is 0 Å². The van der Waals surface area contributed by atoms with Gasteiger partial charge in [0.25, 0.3) is 0 Å². The van der Waals surface area contributed by atoms with Crippen molar-refractivity contribution in [2.75, 3.05) is 0 Å². The van der Waals surface area contributed by atoms with Gasteiger partial charge in [-0.05, 0) is 37.8 Å². The van der Waals surface area contributed by atoms with Crippen LogP contribution in [0.25, 0.3) is 10.8 Å². The van der Waals surface area contributed by atoms with Crippen LogP contribution in [0.5, 0.6) is 0 Å². The van der Waals surface area contributed by atoms with E-state index >= 15 is 0 Å². The molecule has 0 aliphatic carbocycles. The standard InChI is InChI=1S/C17H19N3O/c1-11(17-12(2)20-21-13(17)3)19-10-15-6-4-5-14-9-18-8-7-16(14)15/h4-9,11,19H,10H2,1-3H3. The molecule has 1 aromatic carbocycles. The third kappa shape index (κ3) is 2.67. The summed E-state index contributed by atoms with van der Waals surface area (Å²) in [5, 5.41) is 9.98. The van der Waals surface area contributed by atoms with E-state index in [0.29, 0.717) is 0 Å². The number of hydrogen-bond acceptors (Lipinski definition) is 4. The fourth-order valence-electron chi connectivity index (χ4n) is 2.82. The van der Waals surface area contributed by atoms with Crippen molar-refractivity contribution in [2.24, 2.45) is 0 Å². The minimum Gasteiger partial charge on any atom is -0.361 e. The Balaban J connectivity index is 1.81. The van der Waals surface area contributed by atoms with Gasteiger partial charge in [0.2, 0.25) is 0 Å². The average molecular weight is 281 g/mol. The van der Waals surface area contributed by atoms with Gasteiger partial charge >= 0.3 is 0 Å². The number of pyridine rings is 1. The highest BCUT2D eigenvalue weighted by Crippen LogP contribution is 2.22. The number of nitrogens with one attached hydrogen (secondary N) is 1. The molecule has 1 atom stereocenters. The summed E-state index contributed by atoms with van der Waals surface area (Å²) in [5.74, 6) is 0.884. The van der Waals surface area contributed by atoms with E-state index in [4.69, 9.17) is 4.52 Å². The molecule has 0 bridgehead atoms. The van der Waals surface area contributed by atoms with E-state index in [2.05, 4.69) is 46.6 Å². The van der Waals surface area contributed by atoms with Gasteiger partial charge in [0.05, 0.1) is 5.69 Å². The molecule has 2 heterocycles. The summed E-state index contributed by atoms with van der Waals surface area (Å²) in [6.07, 6.45) is 3.74. The van der Waals surface area contributed by atoms with Gasteiger partial charge in [-0.15, -0.1) is 0 Å². The van der Waals surface area contributed by atoms with E-state index in [1.807, 2.05) is 26.2 Å². The van der Waals surface area contributed by atoms with Crippen molar-refractivity contribution < 1.29 is 4.52 Å². The zero-order valence-corrected chi connectivity index (χ0v) is 12.6. The second-order valence-electron chi connectivity index (χ2n) is 5.35. The maximum Gasteiger partial charge on any atom is 0.138 e. The van der Waals surface area contributed by atoms with E-state index in [0.717, 1.165) is 23.6 Å². The Morgan fingerprint density at radius 3 is 2.86 bits per heavy atom. The first kappa shape index (κ1) is 13.8. The second kappa shape index (κ2) is 5.66. The minimum atomic E-state index is 0.202. The quantitative estimate of drug-likeness (QED) is 0.792. The number of rotatable bonds is 4. The lowest BCUT2D eigenvalue weighted by Gasteiger charge is -2.14. The van der Waals surface area contributed by atoms with Gasteiger partial charge in [-0.2, -0.15) is 0 Å². The van der Waals surface area contributed by atoms with Gasteiger partial charge in [0.1, 0.15) is 5.76 Å². The molecule has 2 aromatic heterocycles. The van der Waals surface area contributed by atoms with Crippen LogP contribution in [0.15, 0.2) is 41.2 Å². The summed E-state index contributed by atoms with van der Waals surface area (Å²) in [5.41, 5.74) is 3.38. The molecule has 0 fully saturated rings. The molecule has 0 saturated heterocycles. The molecule has 0 saturated carbocycles. The lowest BCUT2D eigenvalue weighted by Crippen LogP contribution is -2.19. The molecule has 1 N–H and O–H groups in total. The third-order valence-electron chi connectivity index (χ3n) is 3.89. The molecule has 108 valence electrons. The first-order chi connectivity index (χ1) is 10.2. The Bertz CT molecular complexity index is 739. The van der Waals surface area contributed by atoms with Crippen LogP contribution in [0.4, 0.5) is 0 Å². The highest BCUT2D eigenvalue weighted by atomic mass is 16.5. The highest BCUT2D eigenvalue weighted by molar-refractivity contribution is 5.84. The van der Waals surface area contributed by atoms with Crippen LogP contribution in [0.3, 0.4) is 0 Å². The van der Waals surface area contributed by atoms with E-state index in [9.17, 15) is 0 Å². The molecule has 0 spiro atoms.